The van der Waals surface area contributed by atoms with E-state index >= 15 is 0 Å². The standard InChI is InChI=1S/C22H17BN6O2/c1-13-21(28-23-29(13)12-15-8-6-14(11-24)7-9-15)27-22(31)17-10-19(20(25)30)26-18-5-3-2-4-16(17)18/h2-10H,12H2,1H3,(H2,25,30)(H,27,31). The zero-order chi connectivity index (χ0) is 22.0. The summed E-state index contributed by atoms with van der Waals surface area (Å²) in [4.78, 5) is 33.2. The monoisotopic (exact) mass is 408 g/mol. The molecule has 2 aromatic carbocycles. The quantitative estimate of drug-likeness (QED) is 0.524. The number of pyridine rings is 1. The van der Waals surface area contributed by atoms with Gasteiger partial charge in [-0.2, -0.15) is 0 Å². The van der Waals surface area contributed by atoms with Crippen LogP contribution in [0.2, 0.25) is 0 Å². The Morgan fingerprint density at radius 2 is 1.94 bits per heavy atom. The Kier molecular flexibility index (Phi) is 5.29. The Hall–Kier alpha value is -4.32. The zero-order valence-corrected chi connectivity index (χ0v) is 16.7. The van der Waals surface area contributed by atoms with E-state index in [0.717, 1.165) is 11.3 Å². The van der Waals surface area contributed by atoms with Crippen LogP contribution in [-0.2, 0) is 6.54 Å². The Balaban J connectivity index is 1.61. The van der Waals surface area contributed by atoms with Crippen molar-refractivity contribution in [3.8, 4) is 6.07 Å². The number of nitrogens with zero attached hydrogens (tertiary/aromatic N) is 4. The normalized spacial score (nSPS) is 10.5. The van der Waals surface area contributed by atoms with E-state index < -0.39 is 11.8 Å². The van der Waals surface area contributed by atoms with Gasteiger partial charge in [-0.3, -0.25) is 0 Å². The molecule has 0 saturated heterocycles. The maximum absolute atomic E-state index is 13.0. The van der Waals surface area contributed by atoms with E-state index in [0.29, 0.717) is 34.4 Å². The van der Waals surface area contributed by atoms with Crippen molar-refractivity contribution in [3.63, 3.8) is 0 Å². The van der Waals surface area contributed by atoms with Crippen LogP contribution in [0.25, 0.3) is 10.9 Å². The summed E-state index contributed by atoms with van der Waals surface area (Å²) in [6.45, 7) is 2.40. The van der Waals surface area contributed by atoms with Gasteiger partial charge in [0, 0.05) is 0 Å². The van der Waals surface area contributed by atoms with Crippen molar-refractivity contribution in [1.29, 1.82) is 5.26 Å². The average molecular weight is 408 g/mol. The fourth-order valence-electron chi connectivity index (χ4n) is 3.27. The number of nitriles is 1. The number of carbonyl (C=O) groups is 2. The summed E-state index contributed by atoms with van der Waals surface area (Å²) in [5.41, 5.74) is 8.57. The number of benzene rings is 2. The Labute approximate surface area is 178 Å². The van der Waals surface area contributed by atoms with Gasteiger partial charge in [0.15, 0.2) is 0 Å². The molecule has 2 amide bonds. The molecule has 3 N–H and O–H groups in total. The van der Waals surface area contributed by atoms with Crippen molar-refractivity contribution in [2.24, 2.45) is 5.73 Å². The predicted molar refractivity (Wildman–Crippen MR) is 117 cm³/mol. The molecule has 0 fully saturated rings. The number of hydrogen-bond acceptors (Lipinski definition) is 5. The summed E-state index contributed by atoms with van der Waals surface area (Å²) < 4.78 is 1.90. The number of aromatic nitrogens is 3. The molecule has 0 aliphatic heterocycles. The van der Waals surface area contributed by atoms with E-state index in [-0.39, 0.29) is 5.69 Å². The molecule has 4 aromatic rings. The van der Waals surface area contributed by atoms with Crippen molar-refractivity contribution >= 4 is 35.7 Å². The number of anilines is 1. The number of primary amides is 1. The first-order valence-electron chi connectivity index (χ1n) is 9.48. The number of para-hydroxylation sites is 1. The number of nitrogens with two attached hydrogens (primary N) is 1. The predicted octanol–water partition coefficient (Wildman–Crippen LogP) is 2.35. The molecule has 0 atom stereocenters. The SMILES string of the molecule is Cc1c(NC(=O)c2cc(C(N)=O)nc3ccccc23)nbn1Cc1ccc(C#N)cc1. The van der Waals surface area contributed by atoms with Gasteiger partial charge in [0.1, 0.15) is 0 Å². The summed E-state index contributed by atoms with van der Waals surface area (Å²) in [5.74, 6) is -0.698. The number of nitrogens with one attached hydrogen (secondary N) is 1. The van der Waals surface area contributed by atoms with Gasteiger partial charge >= 0.3 is 178 Å². The second-order valence-corrected chi connectivity index (χ2v) is 7.01. The first-order valence-corrected chi connectivity index (χ1v) is 9.48. The van der Waals surface area contributed by atoms with Gasteiger partial charge in [0.2, 0.25) is 0 Å². The average Bonchev–Trinajstić information content (AvgIpc) is 3.12. The van der Waals surface area contributed by atoms with Crippen LogP contribution in [-0.4, -0.2) is 33.4 Å². The van der Waals surface area contributed by atoms with Gasteiger partial charge in [0.25, 0.3) is 0 Å². The van der Waals surface area contributed by atoms with Crippen LogP contribution in [0.15, 0.2) is 54.6 Å². The molecule has 2 heterocycles. The van der Waals surface area contributed by atoms with Crippen molar-refractivity contribution in [3.05, 3.63) is 82.7 Å². The van der Waals surface area contributed by atoms with Gasteiger partial charge in [-0.1, -0.05) is 0 Å². The molecule has 0 radical (unpaired) electrons. The Morgan fingerprint density at radius 3 is 2.65 bits per heavy atom. The van der Waals surface area contributed by atoms with E-state index in [9.17, 15) is 9.59 Å². The van der Waals surface area contributed by atoms with Gasteiger partial charge in [-0.15, -0.1) is 0 Å². The summed E-state index contributed by atoms with van der Waals surface area (Å²) >= 11 is 0. The number of hydrogen-bond donors (Lipinski definition) is 2. The molecule has 31 heavy (non-hydrogen) atoms. The number of fused-ring (bicyclic) bond motifs is 1. The molecule has 0 unspecified atom stereocenters. The van der Waals surface area contributed by atoms with Crippen LogP contribution in [0, 0.1) is 18.3 Å². The minimum atomic E-state index is -0.706. The zero-order valence-electron chi connectivity index (χ0n) is 16.7. The molecule has 2 aromatic heterocycles. The molecule has 8 nitrogen and oxygen atoms in total. The number of amides is 2. The van der Waals surface area contributed by atoms with Crippen molar-refractivity contribution < 1.29 is 9.59 Å². The third-order valence-corrected chi connectivity index (χ3v) is 4.98. The second kappa shape index (κ2) is 8.20. The molecule has 0 aliphatic carbocycles. The topological polar surface area (TPSA) is 127 Å². The van der Waals surface area contributed by atoms with Crippen LogP contribution < -0.4 is 11.1 Å². The number of carbonyl (C=O) groups excluding carboxylic acids is 2. The molecule has 150 valence electrons. The van der Waals surface area contributed by atoms with Crippen molar-refractivity contribution in [2.45, 2.75) is 13.5 Å². The van der Waals surface area contributed by atoms with Gasteiger partial charge in [0.05, 0.1) is 0 Å². The molecule has 9 heteroatoms. The van der Waals surface area contributed by atoms with Crippen LogP contribution >= 0.6 is 0 Å². The summed E-state index contributed by atoms with van der Waals surface area (Å²) in [7, 11) is 1.64. The molecule has 0 saturated carbocycles. The molecule has 0 spiro atoms. The third kappa shape index (κ3) is 4.04. The summed E-state index contributed by atoms with van der Waals surface area (Å²) in [6, 6.07) is 17.8. The summed E-state index contributed by atoms with van der Waals surface area (Å²) in [5, 5.41) is 12.3. The van der Waals surface area contributed by atoms with Crippen LogP contribution in [0.4, 0.5) is 5.82 Å². The molecular formula is C22H17BN6O2. The molecule has 4 rings (SSSR count). The van der Waals surface area contributed by atoms with Crippen LogP contribution in [0.3, 0.4) is 0 Å². The van der Waals surface area contributed by atoms with Gasteiger partial charge in [-0.25, -0.2) is 0 Å². The maximum atomic E-state index is 13.0. The molecular weight excluding hydrogens is 391 g/mol. The van der Waals surface area contributed by atoms with Gasteiger partial charge < -0.3 is 0 Å². The van der Waals surface area contributed by atoms with Gasteiger partial charge in [-0.05, 0) is 0 Å². The van der Waals surface area contributed by atoms with Crippen molar-refractivity contribution in [2.75, 3.05) is 5.32 Å². The van der Waals surface area contributed by atoms with E-state index in [2.05, 4.69) is 21.3 Å². The second-order valence-electron chi connectivity index (χ2n) is 7.01. The van der Waals surface area contributed by atoms with Crippen molar-refractivity contribution in [1.82, 2.24) is 14.3 Å². The molecule has 0 aliphatic rings. The van der Waals surface area contributed by atoms with Crippen LogP contribution in [0.1, 0.15) is 37.7 Å². The van der Waals surface area contributed by atoms with E-state index in [4.69, 9.17) is 11.0 Å². The Morgan fingerprint density at radius 1 is 1.19 bits per heavy atom. The number of rotatable bonds is 5. The summed E-state index contributed by atoms with van der Waals surface area (Å²) in [6.07, 6.45) is 0. The fraction of sp³-hybridized carbons (Fsp3) is 0.0909. The van der Waals surface area contributed by atoms with E-state index in [1.54, 1.807) is 43.6 Å². The first-order chi connectivity index (χ1) is 15.0. The van der Waals surface area contributed by atoms with Crippen LogP contribution in [0.5, 0.6) is 0 Å². The van der Waals surface area contributed by atoms with E-state index in [1.807, 2.05) is 23.5 Å². The fourth-order valence-corrected chi connectivity index (χ4v) is 3.27. The molecule has 0 bridgehead atoms. The Bertz CT molecular complexity index is 1350. The first kappa shape index (κ1) is 20.0. The minimum absolute atomic E-state index is 0.0203. The van der Waals surface area contributed by atoms with E-state index in [1.165, 1.54) is 6.07 Å². The third-order valence-electron chi connectivity index (χ3n) is 4.98.